The number of aromatic nitrogens is 1. The fraction of sp³-hybridized carbons (Fsp3) is 0.300. The molecule has 1 saturated heterocycles. The number of hydrogen-bond acceptors (Lipinski definition) is 2. The van der Waals surface area contributed by atoms with E-state index in [0.29, 0.717) is 0 Å². The molecule has 1 amide bonds. The van der Waals surface area contributed by atoms with Gasteiger partial charge in [0.1, 0.15) is 0 Å². The van der Waals surface area contributed by atoms with E-state index in [4.69, 9.17) is 0 Å². The molecule has 3 rings (SSSR count). The largest absolute Gasteiger partial charge is 0.338 e. The molecule has 1 aromatic carbocycles. The summed E-state index contributed by atoms with van der Waals surface area (Å²) in [6.07, 6.45) is 4.02. The van der Waals surface area contributed by atoms with Crippen LogP contribution in [0.3, 0.4) is 0 Å². The summed E-state index contributed by atoms with van der Waals surface area (Å²) in [5.41, 5.74) is 5.33. The molecule has 23 heavy (non-hydrogen) atoms. The van der Waals surface area contributed by atoms with Crippen LogP contribution in [0.25, 0.3) is 6.08 Å². The van der Waals surface area contributed by atoms with E-state index in [0.717, 1.165) is 48.4 Å². The molecule has 1 aliphatic rings. The highest BCUT2D eigenvalue weighted by Gasteiger charge is 2.20. The molecule has 0 atom stereocenters. The van der Waals surface area contributed by atoms with Gasteiger partial charge in [-0.15, -0.1) is 0 Å². The Kier molecular flexibility index (Phi) is 4.56. The topological polar surface area (TPSA) is 33.2 Å². The normalized spacial score (nSPS) is 14.7. The van der Waals surface area contributed by atoms with Crippen molar-refractivity contribution in [2.75, 3.05) is 13.1 Å². The van der Waals surface area contributed by atoms with Crippen molar-refractivity contribution in [3.8, 4) is 0 Å². The Balaban J connectivity index is 1.65. The van der Waals surface area contributed by atoms with E-state index >= 15 is 0 Å². The average Bonchev–Trinajstić information content (AvgIpc) is 2.55. The summed E-state index contributed by atoms with van der Waals surface area (Å²) in [5.74, 6) is 0.140. The van der Waals surface area contributed by atoms with Gasteiger partial charge < -0.3 is 4.90 Å². The standard InChI is InChI=1S/C20H22N2O/c1-15-5-3-7-18(13-15)20(23)22-11-9-17(10-12-22)14-19-8-4-6-16(2)21-19/h3-8,13-14H,9-12H2,1-2H3. The van der Waals surface area contributed by atoms with Crippen LogP contribution in [-0.2, 0) is 0 Å². The molecular formula is C20H22N2O. The summed E-state index contributed by atoms with van der Waals surface area (Å²) < 4.78 is 0. The monoisotopic (exact) mass is 306 g/mol. The van der Waals surface area contributed by atoms with Crippen LogP contribution >= 0.6 is 0 Å². The zero-order chi connectivity index (χ0) is 16.2. The number of piperidine rings is 1. The number of amides is 1. The average molecular weight is 306 g/mol. The van der Waals surface area contributed by atoms with Crippen molar-refractivity contribution < 1.29 is 4.79 Å². The minimum atomic E-state index is 0.140. The first-order valence-corrected chi connectivity index (χ1v) is 8.11. The minimum Gasteiger partial charge on any atom is -0.338 e. The number of benzene rings is 1. The number of likely N-dealkylation sites (tertiary alicyclic amines) is 1. The molecule has 2 heterocycles. The Labute approximate surface area is 137 Å². The van der Waals surface area contributed by atoms with Crippen molar-refractivity contribution in [3.05, 3.63) is 70.6 Å². The van der Waals surface area contributed by atoms with Crippen LogP contribution in [0.2, 0.25) is 0 Å². The molecule has 0 radical (unpaired) electrons. The first kappa shape index (κ1) is 15.5. The Morgan fingerprint density at radius 2 is 1.83 bits per heavy atom. The van der Waals surface area contributed by atoms with Crippen molar-refractivity contribution in [3.63, 3.8) is 0 Å². The number of rotatable bonds is 2. The quantitative estimate of drug-likeness (QED) is 0.839. The third-order valence-corrected chi connectivity index (χ3v) is 4.22. The lowest BCUT2D eigenvalue weighted by atomic mass is 10.0. The number of aryl methyl sites for hydroxylation is 2. The Morgan fingerprint density at radius 3 is 2.52 bits per heavy atom. The molecule has 0 bridgehead atoms. The van der Waals surface area contributed by atoms with E-state index in [1.54, 1.807) is 0 Å². The third kappa shape index (κ3) is 3.86. The Hall–Kier alpha value is -2.42. The van der Waals surface area contributed by atoms with Crippen LogP contribution in [0.4, 0.5) is 0 Å². The molecule has 0 aliphatic carbocycles. The van der Waals surface area contributed by atoms with Gasteiger partial charge >= 0.3 is 0 Å². The molecule has 0 N–H and O–H groups in total. The fourth-order valence-corrected chi connectivity index (χ4v) is 2.96. The molecule has 0 saturated carbocycles. The first-order valence-electron chi connectivity index (χ1n) is 8.11. The molecule has 118 valence electrons. The van der Waals surface area contributed by atoms with Crippen LogP contribution in [0.1, 0.15) is 40.2 Å². The number of nitrogens with zero attached hydrogens (tertiary/aromatic N) is 2. The number of hydrogen-bond donors (Lipinski definition) is 0. The second-order valence-corrected chi connectivity index (χ2v) is 6.17. The Morgan fingerprint density at radius 1 is 1.09 bits per heavy atom. The molecule has 0 unspecified atom stereocenters. The maximum atomic E-state index is 12.6. The maximum absolute atomic E-state index is 12.6. The van der Waals surface area contributed by atoms with Gasteiger partial charge in [0, 0.05) is 24.3 Å². The lowest BCUT2D eigenvalue weighted by Gasteiger charge is -2.28. The zero-order valence-electron chi connectivity index (χ0n) is 13.7. The summed E-state index contributed by atoms with van der Waals surface area (Å²) in [4.78, 5) is 19.0. The van der Waals surface area contributed by atoms with E-state index in [1.807, 2.05) is 61.2 Å². The second kappa shape index (κ2) is 6.78. The van der Waals surface area contributed by atoms with Gasteiger partial charge in [0.15, 0.2) is 0 Å². The highest BCUT2D eigenvalue weighted by atomic mass is 16.2. The molecule has 0 spiro atoms. The van der Waals surface area contributed by atoms with E-state index in [9.17, 15) is 4.79 Å². The minimum absolute atomic E-state index is 0.140. The van der Waals surface area contributed by atoms with Gasteiger partial charge in [-0.3, -0.25) is 9.78 Å². The maximum Gasteiger partial charge on any atom is 0.253 e. The van der Waals surface area contributed by atoms with Crippen LogP contribution in [0, 0.1) is 13.8 Å². The summed E-state index contributed by atoms with van der Waals surface area (Å²) in [6.45, 7) is 5.59. The van der Waals surface area contributed by atoms with Crippen LogP contribution in [0.5, 0.6) is 0 Å². The smallest absolute Gasteiger partial charge is 0.253 e. The van der Waals surface area contributed by atoms with Gasteiger partial charge in [0.2, 0.25) is 0 Å². The van der Waals surface area contributed by atoms with Crippen molar-refractivity contribution in [2.24, 2.45) is 0 Å². The van der Waals surface area contributed by atoms with Crippen molar-refractivity contribution in [1.29, 1.82) is 0 Å². The van der Waals surface area contributed by atoms with E-state index < -0.39 is 0 Å². The summed E-state index contributed by atoms with van der Waals surface area (Å²) in [6, 6.07) is 13.9. The molecule has 3 heteroatoms. The van der Waals surface area contributed by atoms with Crippen molar-refractivity contribution in [1.82, 2.24) is 9.88 Å². The third-order valence-electron chi connectivity index (χ3n) is 4.22. The van der Waals surface area contributed by atoms with Crippen molar-refractivity contribution >= 4 is 12.0 Å². The van der Waals surface area contributed by atoms with Gasteiger partial charge in [0.25, 0.3) is 5.91 Å². The predicted octanol–water partition coefficient (Wildman–Crippen LogP) is 4.02. The zero-order valence-corrected chi connectivity index (χ0v) is 13.7. The Bertz CT molecular complexity index is 739. The van der Waals surface area contributed by atoms with Crippen molar-refractivity contribution in [2.45, 2.75) is 26.7 Å². The van der Waals surface area contributed by atoms with Gasteiger partial charge in [-0.25, -0.2) is 0 Å². The SMILES string of the molecule is Cc1cccc(C(=O)N2CCC(=Cc3cccc(C)n3)CC2)c1. The van der Waals surface area contributed by atoms with Crippen LogP contribution < -0.4 is 0 Å². The van der Waals surface area contributed by atoms with Gasteiger partial charge in [0.05, 0.1) is 5.69 Å². The second-order valence-electron chi connectivity index (χ2n) is 6.17. The highest BCUT2D eigenvalue weighted by Crippen LogP contribution is 2.20. The molecule has 1 aromatic heterocycles. The molecule has 3 nitrogen and oxygen atoms in total. The van der Waals surface area contributed by atoms with Gasteiger partial charge in [-0.2, -0.15) is 0 Å². The molecule has 2 aromatic rings. The summed E-state index contributed by atoms with van der Waals surface area (Å²) in [7, 11) is 0. The number of carbonyl (C=O) groups is 1. The fourth-order valence-electron chi connectivity index (χ4n) is 2.96. The molecule has 1 aliphatic heterocycles. The van der Waals surface area contributed by atoms with Crippen LogP contribution in [-0.4, -0.2) is 28.9 Å². The molecule has 1 fully saturated rings. The predicted molar refractivity (Wildman–Crippen MR) is 93.3 cm³/mol. The van der Waals surface area contributed by atoms with E-state index in [-0.39, 0.29) is 5.91 Å². The van der Waals surface area contributed by atoms with E-state index in [2.05, 4.69) is 11.1 Å². The van der Waals surface area contributed by atoms with Gasteiger partial charge in [-0.05, 0) is 57.0 Å². The number of pyridine rings is 1. The lowest BCUT2D eigenvalue weighted by Crippen LogP contribution is -2.36. The van der Waals surface area contributed by atoms with E-state index in [1.165, 1.54) is 5.57 Å². The summed E-state index contributed by atoms with van der Waals surface area (Å²) in [5, 5.41) is 0. The highest BCUT2D eigenvalue weighted by molar-refractivity contribution is 5.94. The molecular weight excluding hydrogens is 284 g/mol. The van der Waals surface area contributed by atoms with Gasteiger partial charge in [-0.1, -0.05) is 29.3 Å². The van der Waals surface area contributed by atoms with Crippen LogP contribution in [0.15, 0.2) is 48.0 Å². The lowest BCUT2D eigenvalue weighted by molar-refractivity contribution is 0.0744. The summed E-state index contributed by atoms with van der Waals surface area (Å²) >= 11 is 0. The first-order chi connectivity index (χ1) is 11.1. The number of carbonyl (C=O) groups excluding carboxylic acids is 1.